The third kappa shape index (κ3) is 2.31. The highest BCUT2D eigenvalue weighted by atomic mass is 16.4. The number of likely N-dealkylation sites (tertiary alicyclic amines) is 1. The molecule has 1 saturated carbocycles. The van der Waals surface area contributed by atoms with Gasteiger partial charge in [-0.2, -0.15) is 0 Å². The lowest BCUT2D eigenvalue weighted by atomic mass is 9.93. The van der Waals surface area contributed by atoms with Crippen molar-refractivity contribution in [1.29, 1.82) is 0 Å². The van der Waals surface area contributed by atoms with Gasteiger partial charge in [0.1, 0.15) is 0 Å². The zero-order chi connectivity index (χ0) is 12.8. The van der Waals surface area contributed by atoms with E-state index in [9.17, 15) is 9.59 Å². The quantitative estimate of drug-likeness (QED) is 0.798. The van der Waals surface area contributed by atoms with Gasteiger partial charge in [-0.3, -0.25) is 9.59 Å². The van der Waals surface area contributed by atoms with Gasteiger partial charge in [-0.15, -0.1) is 0 Å². The van der Waals surface area contributed by atoms with Crippen molar-refractivity contribution in [2.75, 3.05) is 6.54 Å². The van der Waals surface area contributed by atoms with Gasteiger partial charge in [0.05, 0.1) is 5.92 Å². The average Bonchev–Trinajstić information content (AvgIpc) is 2.87. The second-order valence-corrected chi connectivity index (χ2v) is 6.20. The first-order valence-electron chi connectivity index (χ1n) is 6.36. The number of rotatable bonds is 2. The van der Waals surface area contributed by atoms with E-state index in [2.05, 4.69) is 13.8 Å². The Morgan fingerprint density at radius 1 is 1.29 bits per heavy atom. The molecule has 2 unspecified atom stereocenters. The van der Waals surface area contributed by atoms with E-state index < -0.39 is 5.97 Å². The Morgan fingerprint density at radius 3 is 2.35 bits per heavy atom. The predicted octanol–water partition coefficient (Wildman–Crippen LogP) is 1.74. The van der Waals surface area contributed by atoms with E-state index in [0.29, 0.717) is 13.0 Å². The Labute approximate surface area is 102 Å². The summed E-state index contributed by atoms with van der Waals surface area (Å²) in [5, 5.41) is 9.04. The second-order valence-electron chi connectivity index (χ2n) is 6.20. The topological polar surface area (TPSA) is 57.6 Å². The first kappa shape index (κ1) is 12.4. The minimum absolute atomic E-state index is 0.109. The van der Waals surface area contributed by atoms with E-state index >= 15 is 0 Å². The monoisotopic (exact) mass is 239 g/mol. The third-order valence-corrected chi connectivity index (χ3v) is 4.33. The van der Waals surface area contributed by atoms with Crippen molar-refractivity contribution in [1.82, 2.24) is 4.90 Å². The van der Waals surface area contributed by atoms with Gasteiger partial charge in [-0.25, -0.2) is 0 Å². The molecule has 2 rings (SSSR count). The van der Waals surface area contributed by atoms with Gasteiger partial charge < -0.3 is 10.0 Å². The molecule has 2 aliphatic rings. The smallest absolute Gasteiger partial charge is 0.308 e. The van der Waals surface area contributed by atoms with Crippen LogP contribution in [0.3, 0.4) is 0 Å². The fourth-order valence-electron chi connectivity index (χ4n) is 2.70. The van der Waals surface area contributed by atoms with Crippen molar-refractivity contribution < 1.29 is 14.7 Å². The normalized spacial score (nSPS) is 35.5. The van der Waals surface area contributed by atoms with Crippen LogP contribution in [0, 0.1) is 17.3 Å². The Kier molecular flexibility index (Phi) is 2.92. The maximum Gasteiger partial charge on any atom is 0.308 e. The van der Waals surface area contributed by atoms with Gasteiger partial charge in [-0.05, 0) is 31.6 Å². The van der Waals surface area contributed by atoms with Crippen LogP contribution in [0.1, 0.15) is 40.0 Å². The van der Waals surface area contributed by atoms with Crippen molar-refractivity contribution in [2.24, 2.45) is 17.3 Å². The number of carbonyl (C=O) groups is 2. The highest BCUT2D eigenvalue weighted by Crippen LogP contribution is 2.52. The summed E-state index contributed by atoms with van der Waals surface area (Å²) >= 11 is 0. The third-order valence-electron chi connectivity index (χ3n) is 4.33. The fourth-order valence-corrected chi connectivity index (χ4v) is 2.70. The molecule has 1 saturated heterocycles. The number of carboxylic acids is 1. The lowest BCUT2D eigenvalue weighted by Crippen LogP contribution is -2.48. The number of amides is 1. The molecule has 4 nitrogen and oxygen atoms in total. The molecule has 1 aliphatic heterocycles. The fraction of sp³-hybridized carbons (Fsp3) is 0.846. The Morgan fingerprint density at radius 2 is 1.88 bits per heavy atom. The largest absolute Gasteiger partial charge is 0.481 e. The molecular formula is C13H21NO3. The maximum atomic E-state index is 12.3. The Balaban J connectivity index is 2.03. The minimum Gasteiger partial charge on any atom is -0.481 e. The average molecular weight is 239 g/mol. The number of carbonyl (C=O) groups excluding carboxylic acids is 1. The van der Waals surface area contributed by atoms with E-state index in [4.69, 9.17) is 5.11 Å². The molecule has 96 valence electrons. The van der Waals surface area contributed by atoms with Crippen LogP contribution in [-0.2, 0) is 9.59 Å². The molecule has 0 aromatic heterocycles. The zero-order valence-electron chi connectivity index (χ0n) is 10.8. The summed E-state index contributed by atoms with van der Waals surface area (Å²) in [5.74, 6) is -0.882. The van der Waals surface area contributed by atoms with Gasteiger partial charge in [0.25, 0.3) is 0 Å². The van der Waals surface area contributed by atoms with Crippen LogP contribution < -0.4 is 0 Å². The molecule has 3 atom stereocenters. The van der Waals surface area contributed by atoms with E-state index in [1.54, 1.807) is 4.90 Å². The van der Waals surface area contributed by atoms with Crippen LogP contribution in [0.5, 0.6) is 0 Å². The van der Waals surface area contributed by atoms with Crippen LogP contribution in [-0.4, -0.2) is 34.5 Å². The molecule has 1 N–H and O–H groups in total. The molecule has 0 aromatic carbocycles. The molecule has 0 aromatic rings. The molecule has 1 aliphatic carbocycles. The van der Waals surface area contributed by atoms with Crippen LogP contribution in [0.15, 0.2) is 0 Å². The molecule has 4 heteroatoms. The first-order chi connectivity index (χ1) is 7.83. The molecule has 17 heavy (non-hydrogen) atoms. The summed E-state index contributed by atoms with van der Waals surface area (Å²) in [5.41, 5.74) is 0.118. The van der Waals surface area contributed by atoms with Crippen molar-refractivity contribution >= 4 is 11.9 Å². The molecule has 2 fully saturated rings. The molecule has 0 radical (unpaired) electrons. The Bertz CT molecular complexity index is 351. The molecular weight excluding hydrogens is 218 g/mol. The van der Waals surface area contributed by atoms with Crippen LogP contribution in [0.2, 0.25) is 0 Å². The van der Waals surface area contributed by atoms with E-state index in [-0.39, 0.29) is 29.2 Å². The zero-order valence-corrected chi connectivity index (χ0v) is 10.8. The minimum atomic E-state index is -0.773. The SMILES string of the molecule is CC1CCC(C(=O)O)CN1C(=O)[C@H]1CC1(C)C. The highest BCUT2D eigenvalue weighted by molar-refractivity contribution is 5.83. The van der Waals surface area contributed by atoms with E-state index in [1.807, 2.05) is 6.92 Å². The summed E-state index contributed by atoms with van der Waals surface area (Å²) in [6.07, 6.45) is 2.43. The standard InChI is InChI=1S/C13H21NO3/c1-8-4-5-9(12(16)17)7-14(8)11(15)10-6-13(10,2)3/h8-10H,4-7H2,1-3H3,(H,16,17)/t8?,9?,10-/m1/s1. The van der Waals surface area contributed by atoms with Crippen molar-refractivity contribution in [3.05, 3.63) is 0 Å². The molecule has 0 spiro atoms. The predicted molar refractivity (Wildman–Crippen MR) is 63.4 cm³/mol. The van der Waals surface area contributed by atoms with Gasteiger partial charge in [-0.1, -0.05) is 13.8 Å². The van der Waals surface area contributed by atoms with Crippen LogP contribution in [0.4, 0.5) is 0 Å². The maximum absolute atomic E-state index is 12.3. The summed E-state index contributed by atoms with van der Waals surface area (Å²) in [6.45, 7) is 6.60. The van der Waals surface area contributed by atoms with Crippen molar-refractivity contribution in [3.63, 3.8) is 0 Å². The van der Waals surface area contributed by atoms with E-state index in [0.717, 1.165) is 12.8 Å². The van der Waals surface area contributed by atoms with Gasteiger partial charge >= 0.3 is 5.97 Å². The summed E-state index contributed by atoms with van der Waals surface area (Å²) in [7, 11) is 0. The Hall–Kier alpha value is -1.06. The number of hydrogen-bond donors (Lipinski definition) is 1. The van der Waals surface area contributed by atoms with E-state index in [1.165, 1.54) is 0 Å². The van der Waals surface area contributed by atoms with Gasteiger partial charge in [0.15, 0.2) is 0 Å². The summed E-state index contributed by atoms with van der Waals surface area (Å²) < 4.78 is 0. The number of piperidine rings is 1. The first-order valence-corrected chi connectivity index (χ1v) is 6.36. The van der Waals surface area contributed by atoms with Crippen molar-refractivity contribution in [2.45, 2.75) is 46.1 Å². The van der Waals surface area contributed by atoms with Crippen LogP contribution in [0.25, 0.3) is 0 Å². The molecule has 1 heterocycles. The van der Waals surface area contributed by atoms with Crippen molar-refractivity contribution in [3.8, 4) is 0 Å². The molecule has 1 amide bonds. The number of carboxylic acid groups (broad SMARTS) is 1. The lowest BCUT2D eigenvalue weighted by Gasteiger charge is -2.37. The number of nitrogens with zero attached hydrogens (tertiary/aromatic N) is 1. The second kappa shape index (κ2) is 4.00. The van der Waals surface area contributed by atoms with Gasteiger partial charge in [0, 0.05) is 18.5 Å². The number of aliphatic carboxylic acids is 1. The molecule has 0 bridgehead atoms. The number of hydrogen-bond acceptors (Lipinski definition) is 2. The lowest BCUT2D eigenvalue weighted by molar-refractivity contribution is -0.147. The summed E-state index contributed by atoms with van der Waals surface area (Å²) in [6, 6.07) is 0.189. The van der Waals surface area contributed by atoms with Crippen LogP contribution >= 0.6 is 0 Å². The van der Waals surface area contributed by atoms with Gasteiger partial charge in [0.2, 0.25) is 5.91 Å². The summed E-state index contributed by atoms with van der Waals surface area (Å²) in [4.78, 5) is 25.1. The highest BCUT2D eigenvalue weighted by Gasteiger charge is 2.53.